The Morgan fingerprint density at radius 2 is 1.84 bits per heavy atom. The second kappa shape index (κ2) is 9.31. The standard InChI is InChI=1S/C32H45NO4/c1-19-11-20-13-21(12-19)17-31(2,16-20)27-15-25-22(14-28(27)34)5-6-24-23(25)9-10-32(3)26(24)7-8-29(32)33-37-18-30(35)36-4/h14-15,19-21,23-24,26,34H,5-13,16-18H2,1-4H3/b33-29+/t19?,20?,21?,23?,24?,26?,31?,32-/m0/s1. The summed E-state index contributed by atoms with van der Waals surface area (Å²) in [6.45, 7) is 7.13. The van der Waals surface area contributed by atoms with Crippen LogP contribution in [0.2, 0.25) is 0 Å². The quantitative estimate of drug-likeness (QED) is 0.356. The molecule has 6 rings (SSSR count). The average Bonchev–Trinajstić information content (AvgIpc) is 3.18. The van der Waals surface area contributed by atoms with Gasteiger partial charge in [-0.3, -0.25) is 0 Å². The van der Waals surface area contributed by atoms with Gasteiger partial charge < -0.3 is 14.7 Å². The molecule has 0 heterocycles. The molecule has 4 fully saturated rings. The van der Waals surface area contributed by atoms with Crippen molar-refractivity contribution < 1.29 is 19.5 Å². The Bertz CT molecular complexity index is 1080. The summed E-state index contributed by atoms with van der Waals surface area (Å²) in [5.74, 6) is 4.45. The highest BCUT2D eigenvalue weighted by molar-refractivity contribution is 5.92. The number of carbonyl (C=O) groups is 1. The molecule has 4 saturated carbocycles. The van der Waals surface area contributed by atoms with E-state index in [0.717, 1.165) is 55.6 Å². The van der Waals surface area contributed by atoms with Gasteiger partial charge in [0.25, 0.3) is 0 Å². The largest absolute Gasteiger partial charge is 0.508 e. The van der Waals surface area contributed by atoms with Crippen LogP contribution in [0.3, 0.4) is 0 Å². The first-order valence-corrected chi connectivity index (χ1v) is 14.8. The molecule has 2 bridgehead atoms. The van der Waals surface area contributed by atoms with Crippen LogP contribution >= 0.6 is 0 Å². The summed E-state index contributed by atoms with van der Waals surface area (Å²) in [6.07, 6.45) is 13.2. The van der Waals surface area contributed by atoms with Crippen LogP contribution < -0.4 is 0 Å². The summed E-state index contributed by atoms with van der Waals surface area (Å²) in [5.41, 5.74) is 5.42. The number of phenols is 1. The molecule has 5 heteroatoms. The fraction of sp³-hybridized carbons (Fsp3) is 0.750. The molecule has 0 spiro atoms. The molecule has 5 aliphatic carbocycles. The van der Waals surface area contributed by atoms with Crippen molar-refractivity contribution in [1.82, 2.24) is 0 Å². The van der Waals surface area contributed by atoms with Gasteiger partial charge in [0.1, 0.15) is 5.75 Å². The molecule has 1 N–H and O–H groups in total. The van der Waals surface area contributed by atoms with E-state index in [1.165, 1.54) is 62.3 Å². The second-order valence-corrected chi connectivity index (χ2v) is 13.9. The molecule has 37 heavy (non-hydrogen) atoms. The molecule has 0 aliphatic heterocycles. The monoisotopic (exact) mass is 507 g/mol. The molecule has 1 aromatic carbocycles. The van der Waals surface area contributed by atoms with E-state index < -0.39 is 0 Å². The number of phenolic OH excluding ortho intramolecular Hbond substituents is 1. The van der Waals surface area contributed by atoms with E-state index in [1.54, 1.807) is 0 Å². The zero-order valence-electron chi connectivity index (χ0n) is 23.2. The highest BCUT2D eigenvalue weighted by atomic mass is 16.6. The molecule has 5 unspecified atom stereocenters. The predicted octanol–water partition coefficient (Wildman–Crippen LogP) is 6.90. The smallest absolute Gasteiger partial charge is 0.346 e. The van der Waals surface area contributed by atoms with Gasteiger partial charge in [0, 0.05) is 11.0 Å². The number of methoxy groups -OCH3 is 1. The molecule has 0 aromatic heterocycles. The van der Waals surface area contributed by atoms with E-state index >= 15 is 0 Å². The number of ether oxygens (including phenoxy) is 1. The number of nitrogens with zero attached hydrogens (tertiary/aromatic N) is 1. The van der Waals surface area contributed by atoms with Gasteiger partial charge in [-0.25, -0.2) is 4.79 Å². The van der Waals surface area contributed by atoms with Crippen molar-refractivity contribution in [3.05, 3.63) is 28.8 Å². The first kappa shape index (κ1) is 25.2. The van der Waals surface area contributed by atoms with E-state index in [9.17, 15) is 9.90 Å². The SMILES string of the molecule is COC(=O)CO/N=C1\CCC2C3CCc4cc(O)c(C5(C)CC6CC(C)CC(C6)C5)cc4C3CC[C@]12C. The number of rotatable bonds is 4. The van der Waals surface area contributed by atoms with Crippen LogP contribution in [0.15, 0.2) is 17.3 Å². The van der Waals surface area contributed by atoms with Gasteiger partial charge in [-0.2, -0.15) is 0 Å². The molecule has 5 aliphatic rings. The predicted molar refractivity (Wildman–Crippen MR) is 145 cm³/mol. The van der Waals surface area contributed by atoms with Crippen molar-refractivity contribution in [1.29, 1.82) is 0 Å². The zero-order valence-corrected chi connectivity index (χ0v) is 23.2. The number of hydrogen-bond acceptors (Lipinski definition) is 5. The van der Waals surface area contributed by atoms with Crippen molar-refractivity contribution in [3.63, 3.8) is 0 Å². The van der Waals surface area contributed by atoms with Gasteiger partial charge in [0.15, 0.2) is 0 Å². The van der Waals surface area contributed by atoms with Crippen molar-refractivity contribution >= 4 is 11.7 Å². The molecule has 1 aromatic rings. The van der Waals surface area contributed by atoms with Crippen LogP contribution in [0.5, 0.6) is 5.75 Å². The summed E-state index contributed by atoms with van der Waals surface area (Å²) in [6, 6.07) is 4.62. The molecule has 5 nitrogen and oxygen atoms in total. The zero-order chi connectivity index (χ0) is 25.9. The lowest BCUT2D eigenvalue weighted by Gasteiger charge is -2.50. The third kappa shape index (κ3) is 4.29. The lowest BCUT2D eigenvalue weighted by molar-refractivity contribution is -0.145. The molecule has 6 atom stereocenters. The Labute approximate surface area is 222 Å². The van der Waals surface area contributed by atoms with Gasteiger partial charge in [0.2, 0.25) is 6.61 Å². The van der Waals surface area contributed by atoms with E-state index in [2.05, 4.69) is 38.1 Å². The molecule has 202 valence electrons. The third-order valence-electron chi connectivity index (χ3n) is 11.4. The topological polar surface area (TPSA) is 68.1 Å². The summed E-state index contributed by atoms with van der Waals surface area (Å²) in [7, 11) is 1.37. The summed E-state index contributed by atoms with van der Waals surface area (Å²) in [5, 5.41) is 15.8. The Morgan fingerprint density at radius 3 is 2.57 bits per heavy atom. The fourth-order valence-electron chi connectivity index (χ4n) is 10.1. The molecular formula is C32H45NO4. The fourth-order valence-corrected chi connectivity index (χ4v) is 10.1. The molecule has 0 amide bonds. The van der Waals surface area contributed by atoms with Gasteiger partial charge in [-0.1, -0.05) is 32.0 Å². The minimum absolute atomic E-state index is 0.0536. The van der Waals surface area contributed by atoms with Gasteiger partial charge in [0.05, 0.1) is 12.8 Å². The van der Waals surface area contributed by atoms with E-state index in [4.69, 9.17) is 9.57 Å². The second-order valence-electron chi connectivity index (χ2n) is 13.9. The average molecular weight is 508 g/mol. The van der Waals surface area contributed by atoms with Crippen LogP contribution in [-0.2, 0) is 26.2 Å². The maximum absolute atomic E-state index is 11.5. The normalized spacial score (nSPS) is 41.5. The number of aromatic hydroxyl groups is 1. The summed E-state index contributed by atoms with van der Waals surface area (Å²) < 4.78 is 4.69. The third-order valence-corrected chi connectivity index (χ3v) is 11.4. The minimum atomic E-state index is -0.388. The highest BCUT2D eigenvalue weighted by Crippen LogP contribution is 2.61. The number of benzene rings is 1. The van der Waals surface area contributed by atoms with Crippen molar-refractivity contribution in [2.24, 2.45) is 40.2 Å². The van der Waals surface area contributed by atoms with E-state index in [1.807, 2.05) is 0 Å². The maximum Gasteiger partial charge on any atom is 0.346 e. The molecule has 0 saturated heterocycles. The van der Waals surface area contributed by atoms with Crippen molar-refractivity contribution in [3.8, 4) is 5.75 Å². The Kier molecular flexibility index (Phi) is 6.35. The van der Waals surface area contributed by atoms with Crippen LogP contribution in [-0.4, -0.2) is 30.5 Å². The van der Waals surface area contributed by atoms with E-state index in [-0.39, 0.29) is 23.4 Å². The van der Waals surface area contributed by atoms with Gasteiger partial charge in [-0.05, 0) is 129 Å². The number of esters is 1. The van der Waals surface area contributed by atoms with Crippen LogP contribution in [0.25, 0.3) is 0 Å². The summed E-state index contributed by atoms with van der Waals surface area (Å²) in [4.78, 5) is 16.9. The van der Waals surface area contributed by atoms with Crippen LogP contribution in [0.1, 0.15) is 108 Å². The lowest BCUT2D eigenvalue weighted by atomic mass is 9.54. The van der Waals surface area contributed by atoms with Gasteiger partial charge >= 0.3 is 5.97 Å². The van der Waals surface area contributed by atoms with Crippen LogP contribution in [0.4, 0.5) is 0 Å². The summed E-state index contributed by atoms with van der Waals surface area (Å²) >= 11 is 0. The Hall–Kier alpha value is -2.04. The number of hydrogen-bond donors (Lipinski definition) is 1. The lowest BCUT2D eigenvalue weighted by Crippen LogP contribution is -2.43. The Balaban J connectivity index is 1.26. The minimum Gasteiger partial charge on any atom is -0.508 e. The number of fused-ring (bicyclic) bond motifs is 7. The highest BCUT2D eigenvalue weighted by Gasteiger charge is 2.54. The van der Waals surface area contributed by atoms with Crippen LogP contribution in [0, 0.1) is 35.0 Å². The van der Waals surface area contributed by atoms with Crippen molar-refractivity contribution in [2.75, 3.05) is 13.7 Å². The van der Waals surface area contributed by atoms with Gasteiger partial charge in [-0.15, -0.1) is 0 Å². The Morgan fingerprint density at radius 1 is 1.08 bits per heavy atom. The maximum atomic E-state index is 11.5. The number of aryl methyl sites for hydroxylation is 1. The number of carbonyl (C=O) groups excluding carboxylic acids is 1. The number of oxime groups is 1. The molecule has 0 radical (unpaired) electrons. The first-order chi connectivity index (χ1) is 17.7. The van der Waals surface area contributed by atoms with Crippen molar-refractivity contribution in [2.45, 2.75) is 103 Å². The van der Waals surface area contributed by atoms with E-state index in [0.29, 0.717) is 23.5 Å². The molecular weight excluding hydrogens is 462 g/mol. The first-order valence-electron chi connectivity index (χ1n) is 14.8.